The minimum absolute atomic E-state index is 0.0998. The van der Waals surface area contributed by atoms with Crippen LogP contribution in [0.2, 0.25) is 0 Å². The number of nitrogens with zero attached hydrogens (tertiary/aromatic N) is 3. The summed E-state index contributed by atoms with van der Waals surface area (Å²) in [5.74, 6) is 0.946. The average molecular weight is 520 g/mol. The Bertz CT molecular complexity index is 1310. The van der Waals surface area contributed by atoms with Crippen LogP contribution in [0.15, 0.2) is 40.9 Å². The van der Waals surface area contributed by atoms with Crippen molar-refractivity contribution in [1.82, 2.24) is 19.7 Å². The van der Waals surface area contributed by atoms with Gasteiger partial charge in [0.05, 0.1) is 25.1 Å². The van der Waals surface area contributed by atoms with E-state index in [1.54, 1.807) is 7.11 Å². The van der Waals surface area contributed by atoms with Crippen LogP contribution in [-0.4, -0.2) is 41.6 Å². The van der Waals surface area contributed by atoms with Crippen molar-refractivity contribution in [3.05, 3.63) is 47.6 Å². The minimum Gasteiger partial charge on any atom is -0.496 e. The van der Waals surface area contributed by atoms with Crippen molar-refractivity contribution in [3.8, 4) is 5.75 Å². The first-order valence-electron chi connectivity index (χ1n) is 11.8. The second kappa shape index (κ2) is 11.4. The molecule has 0 radical (unpaired) electrons. The number of methoxy groups -OCH3 is 1. The highest BCUT2D eigenvalue weighted by atomic mass is 32.2. The fourth-order valence-corrected chi connectivity index (χ4v) is 6.70. The zero-order chi connectivity index (χ0) is 24.8. The van der Waals surface area contributed by atoms with Gasteiger partial charge in [-0.05, 0) is 60.2 Å². The molecule has 1 aromatic carbocycles. The van der Waals surface area contributed by atoms with E-state index in [9.17, 15) is 8.42 Å². The number of rotatable bonds is 11. The highest BCUT2D eigenvalue weighted by Gasteiger charge is 2.24. The van der Waals surface area contributed by atoms with E-state index >= 15 is 0 Å². The molecular formula is C24H33N5O4S2. The molecule has 1 aliphatic carbocycles. The van der Waals surface area contributed by atoms with Gasteiger partial charge in [-0.1, -0.05) is 31.0 Å². The van der Waals surface area contributed by atoms with Gasteiger partial charge in [0.15, 0.2) is 11.4 Å². The summed E-state index contributed by atoms with van der Waals surface area (Å²) in [5.41, 5.74) is 2.28. The molecule has 0 saturated heterocycles. The van der Waals surface area contributed by atoms with Crippen LogP contribution < -0.4 is 14.2 Å². The second-order valence-corrected chi connectivity index (χ2v) is 12.3. The van der Waals surface area contributed by atoms with Crippen molar-refractivity contribution < 1.29 is 17.7 Å². The summed E-state index contributed by atoms with van der Waals surface area (Å²) in [6.07, 6.45) is 7.17. The molecule has 35 heavy (non-hydrogen) atoms. The molecule has 1 atom stereocenters. The van der Waals surface area contributed by atoms with E-state index in [4.69, 9.17) is 9.26 Å². The maximum absolute atomic E-state index is 12.8. The van der Waals surface area contributed by atoms with E-state index in [2.05, 4.69) is 31.6 Å². The number of anilines is 1. The lowest BCUT2D eigenvalue weighted by Gasteiger charge is -2.21. The van der Waals surface area contributed by atoms with Gasteiger partial charge in [0.25, 0.3) is 0 Å². The number of ether oxygens (including phenoxy) is 1. The van der Waals surface area contributed by atoms with Crippen molar-refractivity contribution in [1.29, 1.82) is 0 Å². The Kier molecular flexibility index (Phi) is 8.30. The first kappa shape index (κ1) is 25.5. The Balaban J connectivity index is 1.49. The third-order valence-corrected chi connectivity index (χ3v) is 8.90. The lowest BCUT2D eigenvalue weighted by atomic mass is 9.91. The number of fused-ring (bicyclic) bond motifs is 1. The normalized spacial score (nSPS) is 15.9. The van der Waals surface area contributed by atoms with Crippen molar-refractivity contribution in [2.45, 2.75) is 52.1 Å². The van der Waals surface area contributed by atoms with Gasteiger partial charge in [-0.3, -0.25) is 14.1 Å². The first-order chi connectivity index (χ1) is 16.9. The Hall–Kier alpha value is -2.63. The van der Waals surface area contributed by atoms with Crippen LogP contribution in [0, 0.1) is 5.92 Å². The number of aromatic nitrogens is 3. The van der Waals surface area contributed by atoms with Gasteiger partial charge < -0.3 is 9.26 Å². The summed E-state index contributed by atoms with van der Waals surface area (Å²) in [7, 11) is -2.14. The molecule has 2 aromatic heterocycles. The molecule has 1 unspecified atom stereocenters. The summed E-state index contributed by atoms with van der Waals surface area (Å²) >= 11 is 0. The highest BCUT2D eigenvalue weighted by Crippen LogP contribution is 2.35. The Morgan fingerprint density at radius 3 is 2.83 bits per heavy atom. The lowest BCUT2D eigenvalue weighted by molar-refractivity contribution is 0.385. The van der Waals surface area contributed by atoms with E-state index in [0.29, 0.717) is 29.8 Å². The molecule has 2 heterocycles. The molecule has 0 spiro atoms. The molecule has 11 heteroatoms. The minimum atomic E-state index is -3.55. The summed E-state index contributed by atoms with van der Waals surface area (Å²) < 4.78 is 44.5. The largest absolute Gasteiger partial charge is 0.496 e. The Morgan fingerprint density at radius 1 is 1.31 bits per heavy atom. The van der Waals surface area contributed by atoms with Crippen LogP contribution in [0.1, 0.15) is 50.3 Å². The van der Waals surface area contributed by atoms with Gasteiger partial charge in [0.1, 0.15) is 11.1 Å². The molecule has 2 N–H and O–H groups in total. The van der Waals surface area contributed by atoms with Crippen molar-refractivity contribution in [2.75, 3.05) is 17.6 Å². The first-order valence-corrected chi connectivity index (χ1v) is 14.8. The quantitative estimate of drug-likeness (QED) is 0.355. The zero-order valence-electron chi connectivity index (χ0n) is 20.2. The second-order valence-electron chi connectivity index (χ2n) is 8.69. The van der Waals surface area contributed by atoms with Gasteiger partial charge >= 0.3 is 0 Å². The molecule has 4 rings (SSSR count). The summed E-state index contributed by atoms with van der Waals surface area (Å²) in [5, 5.41) is 13.1. The van der Waals surface area contributed by atoms with Crippen molar-refractivity contribution >= 4 is 42.8 Å². The highest BCUT2D eigenvalue weighted by molar-refractivity contribution is 8.15. The maximum Gasteiger partial charge on any atom is 0.234 e. The molecule has 0 bridgehead atoms. The van der Waals surface area contributed by atoms with Gasteiger partial charge in [-0.25, -0.2) is 8.42 Å². The van der Waals surface area contributed by atoms with E-state index in [1.165, 1.54) is 6.42 Å². The number of benzene rings is 1. The SMILES string of the molecule is C=CS(=CC)NCc1ccn(Cc2cc(OC)c3c(NS(=O)(=O)CC4CCCCC4)noc3c2)n1. The van der Waals surface area contributed by atoms with Gasteiger partial charge in [-0.2, -0.15) is 5.10 Å². The predicted molar refractivity (Wildman–Crippen MR) is 142 cm³/mol. The summed E-state index contributed by atoms with van der Waals surface area (Å²) in [6.45, 7) is 6.96. The monoisotopic (exact) mass is 519 g/mol. The number of hydrogen-bond donors (Lipinski definition) is 2. The maximum atomic E-state index is 12.8. The zero-order valence-corrected chi connectivity index (χ0v) is 21.8. The van der Waals surface area contributed by atoms with E-state index < -0.39 is 10.0 Å². The Morgan fingerprint density at radius 2 is 2.11 bits per heavy atom. The van der Waals surface area contributed by atoms with Crippen LogP contribution in [-0.2, 0) is 23.1 Å². The van der Waals surface area contributed by atoms with Crippen LogP contribution in [0.3, 0.4) is 0 Å². The smallest absolute Gasteiger partial charge is 0.234 e. The number of nitrogens with one attached hydrogen (secondary N) is 2. The fourth-order valence-electron chi connectivity index (χ4n) is 4.43. The molecule has 9 nitrogen and oxygen atoms in total. The molecule has 1 saturated carbocycles. The summed E-state index contributed by atoms with van der Waals surface area (Å²) in [6, 6.07) is 5.67. The molecule has 1 aliphatic rings. The van der Waals surface area contributed by atoms with Crippen molar-refractivity contribution in [3.63, 3.8) is 0 Å². The molecule has 1 fully saturated rings. The average Bonchev–Trinajstić information content (AvgIpc) is 3.46. The molecule has 3 aromatic rings. The molecular weight excluding hydrogens is 486 g/mol. The fraction of sp³-hybridized carbons (Fsp3) is 0.458. The standard InChI is InChI=1S/C24H33N5O4S2/c1-4-34(5-2)25-15-20-11-12-29(26-20)16-19-13-21(32-3)23-22(14-19)33-27-24(23)28-35(30,31)17-18-9-7-6-8-10-18/h4-5,11-14,18,25H,1,6-10,15-17H2,2-3H3,(H,27,28). The molecule has 0 aliphatic heterocycles. The van der Waals surface area contributed by atoms with Crippen molar-refractivity contribution in [2.24, 2.45) is 5.92 Å². The van der Waals surface area contributed by atoms with Crippen LogP contribution >= 0.6 is 10.7 Å². The van der Waals surface area contributed by atoms with Gasteiger partial charge in [0, 0.05) is 12.7 Å². The number of sulfonamides is 1. The van der Waals surface area contributed by atoms with Gasteiger partial charge in [-0.15, -0.1) is 10.7 Å². The predicted octanol–water partition coefficient (Wildman–Crippen LogP) is 4.64. The molecule has 0 amide bonds. The lowest BCUT2D eigenvalue weighted by Crippen LogP contribution is -2.24. The van der Waals surface area contributed by atoms with E-state index in [-0.39, 0.29) is 28.2 Å². The molecule has 190 valence electrons. The van der Waals surface area contributed by atoms with E-state index in [0.717, 1.165) is 36.9 Å². The van der Waals surface area contributed by atoms with Crippen LogP contribution in [0.25, 0.3) is 11.0 Å². The number of hydrogen-bond acceptors (Lipinski definition) is 7. The van der Waals surface area contributed by atoms with Crippen LogP contribution in [0.4, 0.5) is 5.82 Å². The van der Waals surface area contributed by atoms with Crippen LogP contribution in [0.5, 0.6) is 5.75 Å². The van der Waals surface area contributed by atoms with E-state index in [1.807, 2.05) is 41.4 Å². The topological polar surface area (TPSA) is 111 Å². The third-order valence-electron chi connectivity index (χ3n) is 6.14. The third kappa shape index (κ3) is 6.53. The summed E-state index contributed by atoms with van der Waals surface area (Å²) in [4.78, 5) is 0. The Labute approximate surface area is 209 Å². The van der Waals surface area contributed by atoms with Gasteiger partial charge in [0.2, 0.25) is 10.0 Å².